The molecule has 2 rings (SSSR count). The molecule has 1 heteroatoms. The molecule has 2 unspecified atom stereocenters. The quantitative estimate of drug-likeness (QED) is 0.831. The Morgan fingerprint density at radius 3 is 2.44 bits per heavy atom. The Labute approximate surface area is 112 Å². The van der Waals surface area contributed by atoms with Crippen molar-refractivity contribution in [2.24, 2.45) is 11.8 Å². The summed E-state index contributed by atoms with van der Waals surface area (Å²) in [5.41, 5.74) is 4.77. The number of benzene rings is 1. The summed E-state index contributed by atoms with van der Waals surface area (Å²) in [6.45, 7) is 13.6. The van der Waals surface area contributed by atoms with Gasteiger partial charge in [0.15, 0.2) is 0 Å². The number of aryl methyl sites for hydroxylation is 2. The SMILES string of the molecule is Cc1ccc(C2(CNCC(C)C)CC2C)cc1C. The van der Waals surface area contributed by atoms with E-state index in [2.05, 4.69) is 58.1 Å². The highest BCUT2D eigenvalue weighted by Gasteiger charge is 2.51. The summed E-state index contributed by atoms with van der Waals surface area (Å²) >= 11 is 0. The molecule has 1 aliphatic carbocycles. The first-order valence-corrected chi connectivity index (χ1v) is 7.24. The van der Waals surface area contributed by atoms with Gasteiger partial charge < -0.3 is 5.32 Å². The average molecular weight is 245 g/mol. The lowest BCUT2D eigenvalue weighted by Crippen LogP contribution is -2.31. The minimum Gasteiger partial charge on any atom is -0.316 e. The zero-order valence-corrected chi connectivity index (χ0v) is 12.5. The molecule has 1 aliphatic rings. The van der Waals surface area contributed by atoms with Crippen molar-refractivity contribution in [3.05, 3.63) is 34.9 Å². The van der Waals surface area contributed by atoms with Crippen LogP contribution in [0.15, 0.2) is 18.2 Å². The second kappa shape index (κ2) is 5.05. The molecule has 1 nitrogen and oxygen atoms in total. The molecule has 0 amide bonds. The monoisotopic (exact) mass is 245 g/mol. The third-order valence-corrected chi connectivity index (χ3v) is 4.53. The summed E-state index contributed by atoms with van der Waals surface area (Å²) in [5, 5.41) is 3.65. The highest BCUT2D eigenvalue weighted by molar-refractivity contribution is 5.39. The van der Waals surface area contributed by atoms with E-state index in [4.69, 9.17) is 0 Å². The minimum atomic E-state index is 0.410. The number of hydrogen-bond acceptors (Lipinski definition) is 1. The molecular formula is C17H27N. The number of hydrogen-bond donors (Lipinski definition) is 1. The second-order valence-electron chi connectivity index (χ2n) is 6.59. The Morgan fingerprint density at radius 1 is 1.28 bits per heavy atom. The first-order chi connectivity index (χ1) is 8.45. The van der Waals surface area contributed by atoms with E-state index in [1.165, 1.54) is 23.1 Å². The van der Waals surface area contributed by atoms with Crippen molar-refractivity contribution in [3.63, 3.8) is 0 Å². The Balaban J connectivity index is 2.10. The van der Waals surface area contributed by atoms with Crippen molar-refractivity contribution in [1.82, 2.24) is 5.32 Å². The molecule has 1 fully saturated rings. The predicted octanol–water partition coefficient (Wildman–Crippen LogP) is 3.83. The molecule has 18 heavy (non-hydrogen) atoms. The van der Waals surface area contributed by atoms with Crippen LogP contribution < -0.4 is 5.32 Å². The molecule has 0 spiro atoms. The van der Waals surface area contributed by atoms with Crippen LogP contribution in [0.3, 0.4) is 0 Å². The lowest BCUT2D eigenvalue weighted by molar-refractivity contribution is 0.493. The largest absolute Gasteiger partial charge is 0.316 e. The van der Waals surface area contributed by atoms with E-state index in [1.807, 2.05) is 0 Å². The molecule has 0 aromatic heterocycles. The van der Waals surface area contributed by atoms with E-state index in [9.17, 15) is 0 Å². The van der Waals surface area contributed by atoms with Crippen molar-refractivity contribution < 1.29 is 0 Å². The molecule has 1 aromatic carbocycles. The lowest BCUT2D eigenvalue weighted by Gasteiger charge is -2.20. The van der Waals surface area contributed by atoms with Gasteiger partial charge in [0.1, 0.15) is 0 Å². The van der Waals surface area contributed by atoms with Crippen molar-refractivity contribution in [2.75, 3.05) is 13.1 Å². The fraction of sp³-hybridized carbons (Fsp3) is 0.647. The van der Waals surface area contributed by atoms with E-state index in [0.29, 0.717) is 5.41 Å². The molecule has 0 bridgehead atoms. The Morgan fingerprint density at radius 2 is 1.94 bits per heavy atom. The van der Waals surface area contributed by atoms with Gasteiger partial charge in [-0.25, -0.2) is 0 Å². The van der Waals surface area contributed by atoms with Crippen LogP contribution in [-0.4, -0.2) is 13.1 Å². The molecule has 1 saturated carbocycles. The highest BCUT2D eigenvalue weighted by Crippen LogP contribution is 2.53. The summed E-state index contributed by atoms with van der Waals surface area (Å²) in [7, 11) is 0. The zero-order chi connectivity index (χ0) is 13.3. The van der Waals surface area contributed by atoms with Gasteiger partial charge in [-0.05, 0) is 55.3 Å². The molecule has 2 atom stereocenters. The van der Waals surface area contributed by atoms with Gasteiger partial charge >= 0.3 is 0 Å². The average Bonchev–Trinajstić information content (AvgIpc) is 2.94. The molecule has 0 saturated heterocycles. The summed E-state index contributed by atoms with van der Waals surface area (Å²) in [6.07, 6.45) is 1.33. The van der Waals surface area contributed by atoms with Crippen LogP contribution in [0.1, 0.15) is 43.9 Å². The molecule has 100 valence electrons. The topological polar surface area (TPSA) is 12.0 Å². The van der Waals surface area contributed by atoms with E-state index in [0.717, 1.165) is 24.9 Å². The van der Waals surface area contributed by atoms with E-state index >= 15 is 0 Å². The summed E-state index contributed by atoms with van der Waals surface area (Å²) in [4.78, 5) is 0. The first-order valence-electron chi connectivity index (χ1n) is 7.24. The second-order valence-corrected chi connectivity index (χ2v) is 6.59. The van der Waals surface area contributed by atoms with Gasteiger partial charge in [0.2, 0.25) is 0 Å². The van der Waals surface area contributed by atoms with E-state index in [-0.39, 0.29) is 0 Å². The van der Waals surface area contributed by atoms with Crippen LogP contribution >= 0.6 is 0 Å². The number of rotatable bonds is 5. The zero-order valence-electron chi connectivity index (χ0n) is 12.5. The van der Waals surface area contributed by atoms with Gasteiger partial charge in [0, 0.05) is 12.0 Å². The predicted molar refractivity (Wildman–Crippen MR) is 79.1 cm³/mol. The van der Waals surface area contributed by atoms with Crippen LogP contribution in [0.5, 0.6) is 0 Å². The minimum absolute atomic E-state index is 0.410. The van der Waals surface area contributed by atoms with Gasteiger partial charge in [-0.1, -0.05) is 39.0 Å². The van der Waals surface area contributed by atoms with Crippen LogP contribution in [-0.2, 0) is 5.41 Å². The van der Waals surface area contributed by atoms with Gasteiger partial charge in [-0.2, -0.15) is 0 Å². The molecule has 0 heterocycles. The molecule has 0 radical (unpaired) electrons. The Hall–Kier alpha value is -0.820. The molecule has 1 N–H and O–H groups in total. The van der Waals surface area contributed by atoms with Crippen molar-refractivity contribution in [1.29, 1.82) is 0 Å². The van der Waals surface area contributed by atoms with Crippen LogP contribution in [0.2, 0.25) is 0 Å². The summed E-state index contributed by atoms with van der Waals surface area (Å²) < 4.78 is 0. The maximum absolute atomic E-state index is 3.65. The summed E-state index contributed by atoms with van der Waals surface area (Å²) in [6, 6.07) is 7.01. The fourth-order valence-corrected chi connectivity index (χ4v) is 2.87. The third kappa shape index (κ3) is 2.61. The van der Waals surface area contributed by atoms with Gasteiger partial charge in [0.05, 0.1) is 0 Å². The van der Waals surface area contributed by atoms with Crippen molar-refractivity contribution in [2.45, 2.75) is 46.5 Å². The molecular weight excluding hydrogens is 218 g/mol. The summed E-state index contributed by atoms with van der Waals surface area (Å²) in [5.74, 6) is 1.55. The van der Waals surface area contributed by atoms with E-state index < -0.39 is 0 Å². The number of nitrogens with one attached hydrogen (secondary N) is 1. The standard InChI is InChI=1S/C17H27N/c1-12(2)10-18-11-17(9-15(17)5)16-7-6-13(3)14(4)8-16/h6-8,12,15,18H,9-11H2,1-5H3. The molecule has 0 aliphatic heterocycles. The molecule has 1 aromatic rings. The van der Waals surface area contributed by atoms with Gasteiger partial charge in [0.25, 0.3) is 0 Å². The van der Waals surface area contributed by atoms with Crippen molar-refractivity contribution >= 4 is 0 Å². The van der Waals surface area contributed by atoms with Gasteiger partial charge in [-0.3, -0.25) is 0 Å². The van der Waals surface area contributed by atoms with Gasteiger partial charge in [-0.15, -0.1) is 0 Å². The smallest absolute Gasteiger partial charge is 0.0107 e. The van der Waals surface area contributed by atoms with E-state index in [1.54, 1.807) is 0 Å². The van der Waals surface area contributed by atoms with Crippen LogP contribution in [0.4, 0.5) is 0 Å². The Bertz CT molecular complexity index is 422. The van der Waals surface area contributed by atoms with Crippen LogP contribution in [0.25, 0.3) is 0 Å². The lowest BCUT2D eigenvalue weighted by atomic mass is 9.90. The highest BCUT2D eigenvalue weighted by atomic mass is 14.9. The maximum atomic E-state index is 3.65. The first kappa shape index (κ1) is 13.6. The fourth-order valence-electron chi connectivity index (χ4n) is 2.87. The maximum Gasteiger partial charge on any atom is 0.0107 e. The van der Waals surface area contributed by atoms with Crippen LogP contribution in [0, 0.1) is 25.7 Å². The normalized spacial score (nSPS) is 26.7. The Kier molecular flexibility index (Phi) is 3.82. The van der Waals surface area contributed by atoms with Crippen molar-refractivity contribution in [3.8, 4) is 0 Å². The third-order valence-electron chi connectivity index (χ3n) is 4.53.